The van der Waals surface area contributed by atoms with Crippen LogP contribution in [0, 0.1) is 0 Å². The van der Waals surface area contributed by atoms with Gasteiger partial charge in [-0.1, -0.05) is 30.3 Å². The molecule has 1 aromatic heterocycles. The van der Waals surface area contributed by atoms with E-state index in [1.807, 2.05) is 60.7 Å². The van der Waals surface area contributed by atoms with Crippen molar-refractivity contribution in [3.05, 3.63) is 72.3 Å². The number of ether oxygens (including phenoxy) is 1. The summed E-state index contributed by atoms with van der Waals surface area (Å²) in [4.78, 5) is 12.0. The lowest BCUT2D eigenvalue weighted by atomic mass is 10.1. The smallest absolute Gasteiger partial charge is 0.251 e. The summed E-state index contributed by atoms with van der Waals surface area (Å²) in [6, 6.07) is 20.8. The summed E-state index contributed by atoms with van der Waals surface area (Å²) in [5, 5.41) is 11.3. The highest BCUT2D eigenvalue weighted by Gasteiger charge is 2.23. The number of para-hydroxylation sites is 1. The predicted octanol–water partition coefficient (Wildman–Crippen LogP) is 3.83. The van der Waals surface area contributed by atoms with Crippen molar-refractivity contribution in [2.45, 2.75) is 18.9 Å². The third-order valence-electron chi connectivity index (χ3n) is 3.96. The number of carbonyl (C=O) groups excluding carboxylic acids is 1. The van der Waals surface area contributed by atoms with Gasteiger partial charge in [0, 0.05) is 23.2 Å². The fraction of sp³-hybridized carbons (Fsp3) is 0.150. The van der Waals surface area contributed by atoms with E-state index in [1.54, 1.807) is 6.07 Å². The fourth-order valence-electron chi connectivity index (χ4n) is 2.43. The van der Waals surface area contributed by atoms with E-state index in [0.717, 1.165) is 29.8 Å². The molecule has 0 radical (unpaired) electrons. The lowest BCUT2D eigenvalue weighted by Gasteiger charge is -2.06. The molecule has 1 amide bonds. The van der Waals surface area contributed by atoms with E-state index in [-0.39, 0.29) is 5.91 Å². The third kappa shape index (κ3) is 3.83. The van der Waals surface area contributed by atoms with Crippen molar-refractivity contribution < 1.29 is 9.53 Å². The number of nitrogens with one attached hydrogen (secondary N) is 1. The fourth-order valence-corrected chi connectivity index (χ4v) is 2.43. The molecule has 5 nitrogen and oxygen atoms in total. The first kappa shape index (κ1) is 15.3. The van der Waals surface area contributed by atoms with Gasteiger partial charge in [0.05, 0.1) is 5.69 Å². The molecule has 1 fully saturated rings. The quantitative estimate of drug-likeness (QED) is 0.772. The lowest BCUT2D eigenvalue weighted by molar-refractivity contribution is 0.0951. The first-order chi connectivity index (χ1) is 12.3. The zero-order valence-electron chi connectivity index (χ0n) is 13.6. The minimum absolute atomic E-state index is 0.0215. The van der Waals surface area contributed by atoms with Crippen LogP contribution in [0.1, 0.15) is 23.2 Å². The van der Waals surface area contributed by atoms with Gasteiger partial charge in [0.25, 0.3) is 5.91 Å². The molecule has 0 aliphatic heterocycles. The Kier molecular flexibility index (Phi) is 4.12. The van der Waals surface area contributed by atoms with Crippen LogP contribution in [-0.2, 0) is 0 Å². The normalized spacial score (nSPS) is 13.3. The number of amides is 1. The SMILES string of the molecule is O=C(NC1CC1)c1ccc(-c2ccc(Oc3ccccc3)nn2)cc1. The largest absolute Gasteiger partial charge is 0.438 e. The molecule has 4 rings (SSSR count). The van der Waals surface area contributed by atoms with E-state index in [1.165, 1.54) is 0 Å². The van der Waals surface area contributed by atoms with Gasteiger partial charge in [0.15, 0.2) is 0 Å². The van der Waals surface area contributed by atoms with Crippen molar-refractivity contribution >= 4 is 5.91 Å². The molecular formula is C20H17N3O2. The monoisotopic (exact) mass is 331 g/mol. The summed E-state index contributed by atoms with van der Waals surface area (Å²) in [5.41, 5.74) is 2.30. The second-order valence-corrected chi connectivity index (χ2v) is 6.00. The van der Waals surface area contributed by atoms with Crippen molar-refractivity contribution in [1.29, 1.82) is 0 Å². The van der Waals surface area contributed by atoms with E-state index < -0.39 is 0 Å². The highest BCUT2D eigenvalue weighted by atomic mass is 16.5. The average molecular weight is 331 g/mol. The maximum atomic E-state index is 12.0. The molecule has 124 valence electrons. The number of hydrogen-bond donors (Lipinski definition) is 1. The molecule has 1 heterocycles. The Hall–Kier alpha value is -3.21. The van der Waals surface area contributed by atoms with Crippen LogP contribution in [0.15, 0.2) is 66.7 Å². The molecular weight excluding hydrogens is 314 g/mol. The van der Waals surface area contributed by atoms with Crippen molar-refractivity contribution in [3.8, 4) is 22.9 Å². The Morgan fingerprint density at radius 1 is 0.920 bits per heavy atom. The van der Waals surface area contributed by atoms with E-state index in [0.29, 0.717) is 17.5 Å². The summed E-state index contributed by atoms with van der Waals surface area (Å²) in [5.74, 6) is 1.14. The van der Waals surface area contributed by atoms with Crippen LogP contribution in [0.25, 0.3) is 11.3 Å². The predicted molar refractivity (Wildman–Crippen MR) is 94.5 cm³/mol. The molecule has 0 bridgehead atoms. The van der Waals surface area contributed by atoms with Crippen molar-refractivity contribution in [3.63, 3.8) is 0 Å². The molecule has 2 aromatic carbocycles. The molecule has 1 saturated carbocycles. The van der Waals surface area contributed by atoms with Crippen LogP contribution in [0.3, 0.4) is 0 Å². The second-order valence-electron chi connectivity index (χ2n) is 6.00. The molecule has 0 saturated heterocycles. The molecule has 25 heavy (non-hydrogen) atoms. The molecule has 1 aliphatic carbocycles. The summed E-state index contributed by atoms with van der Waals surface area (Å²) in [6.45, 7) is 0. The van der Waals surface area contributed by atoms with Crippen molar-refractivity contribution in [2.24, 2.45) is 0 Å². The summed E-state index contributed by atoms with van der Waals surface area (Å²) in [7, 11) is 0. The van der Waals surface area contributed by atoms with Crippen LogP contribution in [0.5, 0.6) is 11.6 Å². The number of rotatable bonds is 5. The van der Waals surface area contributed by atoms with Crippen LogP contribution in [0.2, 0.25) is 0 Å². The number of carbonyl (C=O) groups is 1. The zero-order chi connectivity index (χ0) is 17.1. The Balaban J connectivity index is 1.45. The molecule has 0 spiro atoms. The Morgan fingerprint density at radius 3 is 2.32 bits per heavy atom. The average Bonchev–Trinajstić information content (AvgIpc) is 3.47. The van der Waals surface area contributed by atoms with Gasteiger partial charge in [-0.2, -0.15) is 0 Å². The first-order valence-corrected chi connectivity index (χ1v) is 8.26. The Bertz CT molecular complexity index is 858. The van der Waals surface area contributed by atoms with Gasteiger partial charge in [-0.05, 0) is 43.2 Å². The van der Waals surface area contributed by atoms with Crippen LogP contribution >= 0.6 is 0 Å². The van der Waals surface area contributed by atoms with Crippen LogP contribution < -0.4 is 10.1 Å². The van der Waals surface area contributed by atoms with E-state index in [9.17, 15) is 4.79 Å². The molecule has 0 atom stereocenters. The third-order valence-corrected chi connectivity index (χ3v) is 3.96. The highest BCUT2D eigenvalue weighted by molar-refractivity contribution is 5.95. The first-order valence-electron chi connectivity index (χ1n) is 8.26. The number of benzene rings is 2. The number of nitrogens with zero attached hydrogens (tertiary/aromatic N) is 2. The van der Waals surface area contributed by atoms with Gasteiger partial charge < -0.3 is 10.1 Å². The van der Waals surface area contributed by atoms with Crippen molar-refractivity contribution in [1.82, 2.24) is 15.5 Å². The number of hydrogen-bond acceptors (Lipinski definition) is 4. The summed E-state index contributed by atoms with van der Waals surface area (Å²) < 4.78 is 5.64. The number of aromatic nitrogens is 2. The summed E-state index contributed by atoms with van der Waals surface area (Å²) >= 11 is 0. The molecule has 1 N–H and O–H groups in total. The Labute approximate surface area is 145 Å². The zero-order valence-corrected chi connectivity index (χ0v) is 13.6. The lowest BCUT2D eigenvalue weighted by Crippen LogP contribution is -2.25. The van der Waals surface area contributed by atoms with E-state index in [2.05, 4.69) is 15.5 Å². The maximum absolute atomic E-state index is 12.0. The minimum Gasteiger partial charge on any atom is -0.438 e. The standard InChI is InChI=1S/C20H17N3O2/c24-20(21-16-10-11-16)15-8-6-14(7-9-15)18-12-13-19(23-22-18)25-17-4-2-1-3-5-17/h1-9,12-13,16H,10-11H2,(H,21,24). The minimum atomic E-state index is -0.0215. The highest BCUT2D eigenvalue weighted by Crippen LogP contribution is 2.23. The second kappa shape index (κ2) is 6.73. The van der Waals surface area contributed by atoms with Gasteiger partial charge in [0.2, 0.25) is 5.88 Å². The van der Waals surface area contributed by atoms with Crippen LogP contribution in [-0.4, -0.2) is 22.1 Å². The molecule has 1 aliphatic rings. The maximum Gasteiger partial charge on any atom is 0.251 e. The molecule has 3 aromatic rings. The van der Waals surface area contributed by atoms with E-state index >= 15 is 0 Å². The van der Waals surface area contributed by atoms with Gasteiger partial charge in [-0.25, -0.2) is 0 Å². The van der Waals surface area contributed by atoms with Gasteiger partial charge in [0.1, 0.15) is 5.75 Å². The van der Waals surface area contributed by atoms with Crippen LogP contribution in [0.4, 0.5) is 0 Å². The van der Waals surface area contributed by atoms with E-state index in [4.69, 9.17) is 4.74 Å². The summed E-state index contributed by atoms with van der Waals surface area (Å²) in [6.07, 6.45) is 2.16. The topological polar surface area (TPSA) is 64.1 Å². The van der Waals surface area contributed by atoms with Gasteiger partial charge >= 0.3 is 0 Å². The molecule has 0 unspecified atom stereocenters. The van der Waals surface area contributed by atoms with Gasteiger partial charge in [-0.3, -0.25) is 4.79 Å². The van der Waals surface area contributed by atoms with Crippen molar-refractivity contribution in [2.75, 3.05) is 0 Å². The Morgan fingerprint density at radius 2 is 1.68 bits per heavy atom. The van der Waals surface area contributed by atoms with Gasteiger partial charge in [-0.15, -0.1) is 10.2 Å². The molecule has 5 heteroatoms.